The van der Waals surface area contributed by atoms with E-state index in [0.29, 0.717) is 0 Å². The minimum Gasteiger partial charge on any atom is -0.494 e. The SMILES string of the molecule is COc1ccn(-c2ccc(Cl)cc2)c1SC. The van der Waals surface area contributed by atoms with Gasteiger partial charge in [-0.3, -0.25) is 0 Å². The van der Waals surface area contributed by atoms with Crippen LogP contribution in [0.3, 0.4) is 0 Å². The van der Waals surface area contributed by atoms with E-state index < -0.39 is 0 Å². The van der Waals surface area contributed by atoms with E-state index in [0.717, 1.165) is 21.5 Å². The summed E-state index contributed by atoms with van der Waals surface area (Å²) in [5, 5.41) is 1.83. The second-order valence-corrected chi connectivity index (χ2v) is 4.47. The number of rotatable bonds is 3. The van der Waals surface area contributed by atoms with Crippen molar-refractivity contribution in [3.8, 4) is 11.4 Å². The first-order chi connectivity index (χ1) is 7.76. The Hall–Kier alpha value is -1.06. The van der Waals surface area contributed by atoms with Gasteiger partial charge in [-0.1, -0.05) is 11.6 Å². The summed E-state index contributed by atoms with van der Waals surface area (Å²) in [7, 11) is 1.68. The average molecular weight is 254 g/mol. The van der Waals surface area contributed by atoms with Gasteiger partial charge in [0.25, 0.3) is 0 Å². The number of benzene rings is 1. The van der Waals surface area contributed by atoms with E-state index in [1.807, 2.05) is 42.8 Å². The minimum absolute atomic E-state index is 0.744. The zero-order valence-electron chi connectivity index (χ0n) is 9.11. The summed E-state index contributed by atoms with van der Waals surface area (Å²) >= 11 is 7.52. The predicted molar refractivity (Wildman–Crippen MR) is 69.1 cm³/mol. The first kappa shape index (κ1) is 11.4. The lowest BCUT2D eigenvalue weighted by Crippen LogP contribution is -1.94. The molecule has 0 atom stereocenters. The number of hydrogen-bond donors (Lipinski definition) is 0. The van der Waals surface area contributed by atoms with Crippen molar-refractivity contribution >= 4 is 23.4 Å². The lowest BCUT2D eigenvalue weighted by molar-refractivity contribution is 0.403. The van der Waals surface area contributed by atoms with Crippen molar-refractivity contribution in [3.63, 3.8) is 0 Å². The standard InChI is InChI=1S/C12H12ClNOS/c1-15-11-7-8-14(12(11)16-2)10-5-3-9(13)4-6-10/h3-8H,1-2H3. The molecule has 0 aliphatic heterocycles. The molecule has 2 nitrogen and oxygen atoms in total. The molecule has 0 spiro atoms. The molecule has 0 saturated carbocycles. The highest BCUT2D eigenvalue weighted by Gasteiger charge is 2.09. The number of aromatic nitrogens is 1. The Morgan fingerprint density at radius 1 is 1.19 bits per heavy atom. The zero-order chi connectivity index (χ0) is 11.5. The van der Waals surface area contributed by atoms with Crippen LogP contribution in [-0.4, -0.2) is 17.9 Å². The Labute approximate surface area is 104 Å². The Morgan fingerprint density at radius 3 is 2.44 bits per heavy atom. The maximum Gasteiger partial charge on any atom is 0.150 e. The van der Waals surface area contributed by atoms with E-state index in [1.165, 1.54) is 0 Å². The third-order valence-electron chi connectivity index (χ3n) is 2.32. The smallest absolute Gasteiger partial charge is 0.150 e. The van der Waals surface area contributed by atoms with Gasteiger partial charge in [0.05, 0.1) is 7.11 Å². The molecule has 2 rings (SSSR count). The van der Waals surface area contributed by atoms with Gasteiger partial charge in [0, 0.05) is 16.9 Å². The highest BCUT2D eigenvalue weighted by Crippen LogP contribution is 2.31. The van der Waals surface area contributed by atoms with Gasteiger partial charge in [0.1, 0.15) is 5.03 Å². The molecule has 0 aliphatic rings. The fraction of sp³-hybridized carbons (Fsp3) is 0.167. The molecule has 0 bridgehead atoms. The average Bonchev–Trinajstić information content (AvgIpc) is 2.72. The van der Waals surface area contributed by atoms with Crippen LogP contribution < -0.4 is 4.74 Å². The van der Waals surface area contributed by atoms with Gasteiger partial charge in [0.15, 0.2) is 5.75 Å². The van der Waals surface area contributed by atoms with E-state index >= 15 is 0 Å². The van der Waals surface area contributed by atoms with Gasteiger partial charge in [-0.15, -0.1) is 11.8 Å². The summed E-state index contributed by atoms with van der Waals surface area (Å²) < 4.78 is 7.38. The molecular formula is C12H12ClNOS. The summed E-state index contributed by atoms with van der Waals surface area (Å²) in [6.07, 6.45) is 4.03. The number of nitrogens with zero attached hydrogens (tertiary/aromatic N) is 1. The molecule has 0 fully saturated rings. The van der Waals surface area contributed by atoms with Crippen LogP contribution in [0.4, 0.5) is 0 Å². The molecule has 1 heterocycles. The molecule has 0 unspecified atom stereocenters. The number of ether oxygens (including phenoxy) is 1. The molecule has 0 amide bonds. The third kappa shape index (κ3) is 2.06. The Kier molecular flexibility index (Phi) is 3.46. The second-order valence-electron chi connectivity index (χ2n) is 3.24. The summed E-state index contributed by atoms with van der Waals surface area (Å²) in [5.74, 6) is 0.891. The van der Waals surface area contributed by atoms with Crippen LogP contribution in [0, 0.1) is 0 Å². The maximum atomic E-state index is 5.87. The van der Waals surface area contributed by atoms with Crippen molar-refractivity contribution in [2.24, 2.45) is 0 Å². The van der Waals surface area contributed by atoms with Crippen LogP contribution in [0.5, 0.6) is 5.75 Å². The Morgan fingerprint density at radius 2 is 1.88 bits per heavy atom. The van der Waals surface area contributed by atoms with E-state index in [9.17, 15) is 0 Å². The van der Waals surface area contributed by atoms with Crippen molar-refractivity contribution in [2.45, 2.75) is 5.03 Å². The first-order valence-electron chi connectivity index (χ1n) is 4.81. The fourth-order valence-corrected chi connectivity index (χ4v) is 2.40. The van der Waals surface area contributed by atoms with Gasteiger partial charge >= 0.3 is 0 Å². The summed E-state index contributed by atoms with van der Waals surface area (Å²) in [4.78, 5) is 0. The number of halogens is 1. The molecule has 0 radical (unpaired) electrons. The number of thioether (sulfide) groups is 1. The zero-order valence-corrected chi connectivity index (χ0v) is 10.7. The largest absolute Gasteiger partial charge is 0.494 e. The van der Waals surface area contributed by atoms with Crippen LogP contribution in [-0.2, 0) is 0 Å². The summed E-state index contributed by atoms with van der Waals surface area (Å²) in [6.45, 7) is 0. The summed E-state index contributed by atoms with van der Waals surface area (Å²) in [6, 6.07) is 9.70. The normalized spacial score (nSPS) is 10.4. The molecule has 1 aromatic carbocycles. The number of hydrogen-bond acceptors (Lipinski definition) is 2. The lowest BCUT2D eigenvalue weighted by Gasteiger charge is -2.08. The van der Waals surface area contributed by atoms with Gasteiger partial charge < -0.3 is 9.30 Å². The Balaban J connectivity index is 2.47. The van der Waals surface area contributed by atoms with Gasteiger partial charge in [-0.25, -0.2) is 0 Å². The molecule has 0 N–H and O–H groups in total. The predicted octanol–water partition coefficient (Wildman–Crippen LogP) is 3.86. The number of methoxy groups -OCH3 is 1. The van der Waals surface area contributed by atoms with Crippen molar-refractivity contribution in [3.05, 3.63) is 41.6 Å². The molecule has 84 valence electrons. The van der Waals surface area contributed by atoms with Crippen LogP contribution in [0.15, 0.2) is 41.6 Å². The minimum atomic E-state index is 0.744. The van der Waals surface area contributed by atoms with Gasteiger partial charge in [-0.05, 0) is 36.6 Å². The van der Waals surface area contributed by atoms with E-state index in [4.69, 9.17) is 16.3 Å². The van der Waals surface area contributed by atoms with Crippen LogP contribution >= 0.6 is 23.4 Å². The van der Waals surface area contributed by atoms with E-state index in [1.54, 1.807) is 18.9 Å². The highest BCUT2D eigenvalue weighted by atomic mass is 35.5. The van der Waals surface area contributed by atoms with Crippen molar-refractivity contribution in [1.82, 2.24) is 4.57 Å². The monoisotopic (exact) mass is 253 g/mol. The molecule has 0 aliphatic carbocycles. The maximum absolute atomic E-state index is 5.87. The van der Waals surface area contributed by atoms with Crippen LogP contribution in [0.1, 0.15) is 0 Å². The quantitative estimate of drug-likeness (QED) is 0.771. The molecule has 2 aromatic rings. The van der Waals surface area contributed by atoms with E-state index in [2.05, 4.69) is 4.57 Å². The highest BCUT2D eigenvalue weighted by molar-refractivity contribution is 7.98. The van der Waals surface area contributed by atoms with Gasteiger partial charge in [0.2, 0.25) is 0 Å². The topological polar surface area (TPSA) is 14.2 Å². The van der Waals surface area contributed by atoms with Crippen LogP contribution in [0.25, 0.3) is 5.69 Å². The molecule has 16 heavy (non-hydrogen) atoms. The van der Waals surface area contributed by atoms with Crippen LogP contribution in [0.2, 0.25) is 5.02 Å². The van der Waals surface area contributed by atoms with E-state index in [-0.39, 0.29) is 0 Å². The van der Waals surface area contributed by atoms with Crippen molar-refractivity contribution < 1.29 is 4.74 Å². The van der Waals surface area contributed by atoms with Gasteiger partial charge in [-0.2, -0.15) is 0 Å². The third-order valence-corrected chi connectivity index (χ3v) is 3.36. The second kappa shape index (κ2) is 4.85. The lowest BCUT2D eigenvalue weighted by atomic mass is 10.3. The molecule has 0 saturated heterocycles. The molecule has 4 heteroatoms. The Bertz CT molecular complexity index is 478. The fourth-order valence-electron chi connectivity index (χ4n) is 1.56. The van der Waals surface area contributed by atoms with Crippen molar-refractivity contribution in [1.29, 1.82) is 0 Å². The molecule has 1 aromatic heterocycles. The molecular weight excluding hydrogens is 242 g/mol. The summed E-state index contributed by atoms with van der Waals surface area (Å²) in [5.41, 5.74) is 1.08. The van der Waals surface area contributed by atoms with Crippen molar-refractivity contribution in [2.75, 3.05) is 13.4 Å². The first-order valence-corrected chi connectivity index (χ1v) is 6.42.